The van der Waals surface area contributed by atoms with Crippen LogP contribution in [0.1, 0.15) is 43.9 Å². The summed E-state index contributed by atoms with van der Waals surface area (Å²) < 4.78 is 21.4. The lowest BCUT2D eigenvalue weighted by atomic mass is 9.66. The molecule has 4 aromatic rings. The van der Waals surface area contributed by atoms with Crippen molar-refractivity contribution in [3.8, 4) is 5.69 Å². The number of methoxy groups -OCH3 is 1. The zero-order valence-electron chi connectivity index (χ0n) is 18.7. The third-order valence-corrected chi connectivity index (χ3v) is 6.77. The van der Waals surface area contributed by atoms with Crippen LogP contribution in [0.25, 0.3) is 27.5 Å². The average molecular weight is 451 g/mol. The van der Waals surface area contributed by atoms with Crippen molar-refractivity contribution in [1.29, 1.82) is 0 Å². The van der Waals surface area contributed by atoms with E-state index in [1.807, 2.05) is 12.1 Å². The van der Waals surface area contributed by atoms with E-state index < -0.39 is 17.0 Å². The molecule has 0 saturated heterocycles. The molecule has 0 aliphatic heterocycles. The van der Waals surface area contributed by atoms with Gasteiger partial charge in [0.25, 0.3) is 0 Å². The molecule has 0 radical (unpaired) electrons. The summed E-state index contributed by atoms with van der Waals surface area (Å²) in [4.78, 5) is 11.6. The number of nitrogens with zero attached hydrogens (tertiary/aromatic N) is 2. The van der Waals surface area contributed by atoms with E-state index in [0.29, 0.717) is 6.61 Å². The molecular formula is C25H26FN3O4. The predicted octanol–water partition coefficient (Wildman–Crippen LogP) is 4.26. The Labute approximate surface area is 189 Å². The molecule has 0 spiro atoms. The number of rotatable bonds is 6. The molecule has 172 valence electrons. The second-order valence-electron chi connectivity index (χ2n) is 9.66. The quantitative estimate of drug-likeness (QED) is 0.407. The van der Waals surface area contributed by atoms with Crippen LogP contribution >= 0.6 is 0 Å². The first-order chi connectivity index (χ1) is 15.6. The summed E-state index contributed by atoms with van der Waals surface area (Å²) in [6, 6.07) is 10.4. The van der Waals surface area contributed by atoms with E-state index in [2.05, 4.69) is 28.6 Å². The highest BCUT2D eigenvalue weighted by Crippen LogP contribution is 2.51. The number of hydrogen-bond donors (Lipinski definition) is 3. The number of nitrogens with one attached hydrogen (secondary N) is 1. The van der Waals surface area contributed by atoms with Crippen LogP contribution in [0.5, 0.6) is 0 Å². The number of aliphatic hydroxyl groups is 1. The molecule has 33 heavy (non-hydrogen) atoms. The van der Waals surface area contributed by atoms with E-state index in [1.54, 1.807) is 25.4 Å². The minimum Gasteiger partial charge on any atom is -0.479 e. The summed E-state index contributed by atoms with van der Waals surface area (Å²) in [7, 11) is 1.65. The lowest BCUT2D eigenvalue weighted by Crippen LogP contribution is -2.49. The summed E-state index contributed by atoms with van der Waals surface area (Å²) in [5, 5.41) is 29.0. The Morgan fingerprint density at radius 2 is 2.00 bits per heavy atom. The normalized spacial score (nSPS) is 20.9. The maximum Gasteiger partial charge on any atom is 0.335 e. The first-order valence-corrected chi connectivity index (χ1v) is 10.9. The topological polar surface area (TPSA) is 100 Å². The maximum atomic E-state index is 13.8. The summed E-state index contributed by atoms with van der Waals surface area (Å²) in [6.45, 7) is 4.57. The summed E-state index contributed by atoms with van der Waals surface area (Å²) in [5.74, 6) is -1.67. The minimum absolute atomic E-state index is 0.127. The molecule has 2 heterocycles. The molecule has 0 bridgehead atoms. The molecule has 1 fully saturated rings. The number of benzene rings is 2. The minimum atomic E-state index is -1.73. The lowest BCUT2D eigenvalue weighted by Gasteiger charge is -2.42. The summed E-state index contributed by atoms with van der Waals surface area (Å²) in [6.07, 6.45) is 2.01. The molecular weight excluding hydrogens is 425 g/mol. The highest BCUT2D eigenvalue weighted by molar-refractivity contribution is 5.99. The van der Waals surface area contributed by atoms with Gasteiger partial charge in [0, 0.05) is 34.7 Å². The Morgan fingerprint density at radius 1 is 1.30 bits per heavy atom. The largest absolute Gasteiger partial charge is 0.479 e. The molecule has 7 nitrogen and oxygen atoms in total. The zero-order chi connectivity index (χ0) is 23.5. The number of aromatic amines is 1. The van der Waals surface area contributed by atoms with Crippen molar-refractivity contribution in [3.05, 3.63) is 59.7 Å². The van der Waals surface area contributed by atoms with E-state index in [9.17, 15) is 19.4 Å². The molecule has 2 aromatic heterocycles. The second kappa shape index (κ2) is 7.40. The Bertz CT molecular complexity index is 1360. The average Bonchev–Trinajstić information content (AvgIpc) is 3.32. The standard InChI is InChI=1S/C25H26FN3O4/c1-24(2,13-33-3)22-21(15-10-25(32,11-15)23(30)31)18-9-19-14(12-27-28-19)8-20(18)29(22)17-6-4-16(26)5-7-17/h4-9,12,15,32H,10-11,13H2,1-3H3,(H,27,28)(H,30,31). The van der Waals surface area contributed by atoms with Crippen LogP contribution in [0.2, 0.25) is 0 Å². The van der Waals surface area contributed by atoms with Crippen molar-refractivity contribution in [3.63, 3.8) is 0 Å². The molecule has 5 rings (SSSR count). The van der Waals surface area contributed by atoms with Crippen molar-refractivity contribution in [1.82, 2.24) is 14.8 Å². The van der Waals surface area contributed by atoms with Crippen LogP contribution < -0.4 is 0 Å². The van der Waals surface area contributed by atoms with Gasteiger partial charge in [-0.25, -0.2) is 9.18 Å². The molecule has 0 atom stereocenters. The molecule has 1 saturated carbocycles. The van der Waals surface area contributed by atoms with Crippen LogP contribution in [0.15, 0.2) is 42.6 Å². The molecule has 0 unspecified atom stereocenters. The van der Waals surface area contributed by atoms with Gasteiger partial charge in [0.05, 0.1) is 23.8 Å². The monoisotopic (exact) mass is 451 g/mol. The number of carboxylic acid groups (broad SMARTS) is 1. The van der Waals surface area contributed by atoms with E-state index in [4.69, 9.17) is 4.74 Å². The number of hydrogen-bond acceptors (Lipinski definition) is 4. The van der Waals surface area contributed by atoms with E-state index in [0.717, 1.165) is 38.8 Å². The lowest BCUT2D eigenvalue weighted by molar-refractivity contribution is -0.169. The van der Waals surface area contributed by atoms with Gasteiger partial charge >= 0.3 is 5.97 Å². The molecule has 1 aliphatic carbocycles. The summed E-state index contributed by atoms with van der Waals surface area (Å²) >= 11 is 0. The van der Waals surface area contributed by atoms with Crippen molar-refractivity contribution in [2.75, 3.05) is 13.7 Å². The first kappa shape index (κ1) is 21.6. The van der Waals surface area contributed by atoms with Gasteiger partial charge in [0.2, 0.25) is 0 Å². The van der Waals surface area contributed by atoms with Crippen molar-refractivity contribution < 1.29 is 24.1 Å². The van der Waals surface area contributed by atoms with Gasteiger partial charge in [0.1, 0.15) is 5.82 Å². The highest BCUT2D eigenvalue weighted by Gasteiger charge is 2.51. The number of H-pyrrole nitrogens is 1. The number of carboxylic acids is 1. The Hall–Kier alpha value is -3.23. The Kier molecular flexibility index (Phi) is 4.84. The van der Waals surface area contributed by atoms with Gasteiger partial charge in [-0.2, -0.15) is 5.10 Å². The third kappa shape index (κ3) is 3.32. The first-order valence-electron chi connectivity index (χ1n) is 10.9. The van der Waals surface area contributed by atoms with Gasteiger partial charge in [-0.1, -0.05) is 13.8 Å². The van der Waals surface area contributed by atoms with Crippen molar-refractivity contribution in [2.24, 2.45) is 0 Å². The van der Waals surface area contributed by atoms with Crippen LogP contribution in [0.4, 0.5) is 4.39 Å². The second-order valence-corrected chi connectivity index (χ2v) is 9.66. The van der Waals surface area contributed by atoms with Gasteiger partial charge in [-0.3, -0.25) is 5.10 Å². The molecule has 8 heteroatoms. The number of aromatic nitrogens is 3. The number of aliphatic carboxylic acids is 1. The highest BCUT2D eigenvalue weighted by atomic mass is 19.1. The Morgan fingerprint density at radius 3 is 2.64 bits per heavy atom. The fraction of sp³-hybridized carbons (Fsp3) is 0.360. The van der Waals surface area contributed by atoms with Crippen molar-refractivity contribution in [2.45, 2.75) is 43.6 Å². The van der Waals surface area contributed by atoms with Gasteiger partial charge < -0.3 is 19.5 Å². The van der Waals surface area contributed by atoms with Gasteiger partial charge in [-0.15, -0.1) is 0 Å². The Balaban J connectivity index is 1.85. The van der Waals surface area contributed by atoms with Gasteiger partial charge in [-0.05, 0) is 60.7 Å². The summed E-state index contributed by atoms with van der Waals surface area (Å²) in [5.41, 5.74) is 2.33. The van der Waals surface area contributed by atoms with Crippen molar-refractivity contribution >= 4 is 27.8 Å². The van der Waals surface area contributed by atoms with E-state index in [1.165, 1.54) is 12.1 Å². The molecule has 3 N–H and O–H groups in total. The molecule has 1 aliphatic rings. The SMILES string of the molecule is COCC(C)(C)c1c(C2CC(O)(C(=O)O)C2)c2cc3[nH]ncc3cc2n1-c1ccc(F)cc1. The van der Waals surface area contributed by atoms with Crippen LogP contribution in [0.3, 0.4) is 0 Å². The molecule has 0 amide bonds. The smallest absolute Gasteiger partial charge is 0.335 e. The number of carbonyl (C=O) groups is 1. The van der Waals surface area contributed by atoms with Crippen LogP contribution in [0, 0.1) is 5.82 Å². The third-order valence-electron chi connectivity index (χ3n) is 6.77. The fourth-order valence-electron chi connectivity index (χ4n) is 5.25. The zero-order valence-corrected chi connectivity index (χ0v) is 18.7. The van der Waals surface area contributed by atoms with Crippen LogP contribution in [-0.2, 0) is 14.9 Å². The number of ether oxygens (including phenoxy) is 1. The predicted molar refractivity (Wildman–Crippen MR) is 122 cm³/mol. The van der Waals surface area contributed by atoms with Gasteiger partial charge in [0.15, 0.2) is 5.60 Å². The van der Waals surface area contributed by atoms with Crippen LogP contribution in [-0.4, -0.2) is 50.3 Å². The number of fused-ring (bicyclic) bond motifs is 2. The number of halogens is 1. The van der Waals surface area contributed by atoms with E-state index >= 15 is 0 Å². The molecule has 2 aromatic carbocycles. The van der Waals surface area contributed by atoms with E-state index in [-0.39, 0.29) is 24.6 Å². The fourth-order valence-corrected chi connectivity index (χ4v) is 5.25. The maximum absolute atomic E-state index is 13.8.